The molecule has 0 bridgehead atoms. The Morgan fingerprint density at radius 3 is 2.38 bits per heavy atom. The van der Waals surface area contributed by atoms with E-state index in [0.717, 1.165) is 31.0 Å². The van der Waals surface area contributed by atoms with Gasteiger partial charge >= 0.3 is 0 Å². The molecule has 1 aliphatic heterocycles. The van der Waals surface area contributed by atoms with Crippen molar-refractivity contribution in [3.8, 4) is 0 Å². The van der Waals surface area contributed by atoms with Gasteiger partial charge < -0.3 is 0 Å². The number of thioether (sulfide) groups is 1. The third kappa shape index (κ3) is 5.01. The Morgan fingerprint density at radius 1 is 1.19 bits per heavy atom. The average molecular weight is 243 g/mol. The second kappa shape index (κ2) is 5.71. The quantitative estimate of drug-likeness (QED) is 0.753. The largest absolute Gasteiger partial charge is 0.286 e. The Morgan fingerprint density at radius 2 is 1.88 bits per heavy atom. The molecule has 1 atom stereocenters. The SMILES string of the molecule is CC(C)(C)CCCCCC1SC(=O)NC1=O. The third-order valence-corrected chi connectivity index (χ3v) is 3.71. The summed E-state index contributed by atoms with van der Waals surface area (Å²) in [6.45, 7) is 6.73. The van der Waals surface area contributed by atoms with Gasteiger partial charge in [0.1, 0.15) is 0 Å². The highest BCUT2D eigenvalue weighted by Gasteiger charge is 2.30. The molecule has 0 spiro atoms. The zero-order chi connectivity index (χ0) is 12.2. The number of imide groups is 1. The highest BCUT2D eigenvalue weighted by molar-refractivity contribution is 8.15. The van der Waals surface area contributed by atoms with Gasteiger partial charge in [-0.25, -0.2) is 0 Å². The van der Waals surface area contributed by atoms with Crippen molar-refractivity contribution in [3.63, 3.8) is 0 Å². The molecule has 1 fully saturated rings. The van der Waals surface area contributed by atoms with E-state index < -0.39 is 0 Å². The van der Waals surface area contributed by atoms with E-state index in [9.17, 15) is 9.59 Å². The van der Waals surface area contributed by atoms with Crippen LogP contribution in [0.4, 0.5) is 4.79 Å². The molecule has 4 heteroatoms. The summed E-state index contributed by atoms with van der Waals surface area (Å²) >= 11 is 1.14. The summed E-state index contributed by atoms with van der Waals surface area (Å²) in [5.74, 6) is -0.106. The predicted octanol–water partition coefficient (Wildman–Crippen LogP) is 3.33. The maximum absolute atomic E-state index is 11.3. The van der Waals surface area contributed by atoms with Crippen molar-refractivity contribution in [2.75, 3.05) is 0 Å². The molecule has 92 valence electrons. The summed E-state index contributed by atoms with van der Waals surface area (Å²) < 4.78 is 0. The number of hydrogen-bond donors (Lipinski definition) is 1. The van der Waals surface area contributed by atoms with Crippen molar-refractivity contribution in [3.05, 3.63) is 0 Å². The minimum atomic E-state index is -0.190. The lowest BCUT2D eigenvalue weighted by atomic mass is 9.89. The lowest BCUT2D eigenvalue weighted by Gasteiger charge is -2.17. The van der Waals surface area contributed by atoms with E-state index in [1.807, 2.05) is 0 Å². The zero-order valence-electron chi connectivity index (χ0n) is 10.3. The summed E-state index contributed by atoms with van der Waals surface area (Å²) in [4.78, 5) is 22.2. The molecule has 1 unspecified atom stereocenters. The molecule has 0 radical (unpaired) electrons. The van der Waals surface area contributed by atoms with Crippen LogP contribution in [0.15, 0.2) is 0 Å². The van der Waals surface area contributed by atoms with E-state index >= 15 is 0 Å². The molecule has 0 saturated carbocycles. The molecule has 1 heterocycles. The maximum atomic E-state index is 11.3. The minimum absolute atomic E-state index is 0.106. The van der Waals surface area contributed by atoms with Crippen LogP contribution in [0.3, 0.4) is 0 Å². The summed E-state index contributed by atoms with van der Waals surface area (Å²) in [5, 5.41) is 1.99. The van der Waals surface area contributed by atoms with Crippen molar-refractivity contribution in [2.45, 2.75) is 58.1 Å². The second-order valence-corrected chi connectivity index (χ2v) is 6.72. The van der Waals surface area contributed by atoms with E-state index in [4.69, 9.17) is 0 Å². The molecule has 0 aromatic carbocycles. The molecule has 1 rings (SSSR count). The molecule has 1 aliphatic rings. The summed E-state index contributed by atoms with van der Waals surface area (Å²) in [6, 6.07) is 0. The summed E-state index contributed by atoms with van der Waals surface area (Å²) in [5.41, 5.74) is 0.398. The number of amides is 2. The standard InChI is InChI=1S/C12H21NO2S/c1-12(2,3)8-6-4-5-7-9-10(14)13-11(15)16-9/h9H,4-8H2,1-3H3,(H,13,14,15). The van der Waals surface area contributed by atoms with E-state index in [-0.39, 0.29) is 16.4 Å². The van der Waals surface area contributed by atoms with Crippen molar-refractivity contribution >= 4 is 22.9 Å². The van der Waals surface area contributed by atoms with Crippen LogP contribution in [-0.4, -0.2) is 16.4 Å². The molecular formula is C12H21NO2S. The fourth-order valence-corrected chi connectivity index (χ4v) is 2.61. The van der Waals surface area contributed by atoms with Crippen molar-refractivity contribution in [1.82, 2.24) is 5.32 Å². The number of hydrogen-bond acceptors (Lipinski definition) is 3. The average Bonchev–Trinajstić information content (AvgIpc) is 2.42. The minimum Gasteiger partial charge on any atom is -0.286 e. The topological polar surface area (TPSA) is 46.2 Å². The Balaban J connectivity index is 2.08. The van der Waals surface area contributed by atoms with Crippen LogP contribution in [0.1, 0.15) is 52.9 Å². The normalized spacial score (nSPS) is 21.3. The Kier molecular flexibility index (Phi) is 4.84. The van der Waals surface area contributed by atoms with Crippen LogP contribution in [0.25, 0.3) is 0 Å². The smallest absolute Gasteiger partial charge is 0.286 e. The van der Waals surface area contributed by atoms with Gasteiger partial charge in [-0.15, -0.1) is 0 Å². The monoisotopic (exact) mass is 243 g/mol. The van der Waals surface area contributed by atoms with E-state index in [1.54, 1.807) is 0 Å². The Hall–Kier alpha value is -0.510. The lowest BCUT2D eigenvalue weighted by Crippen LogP contribution is -2.24. The lowest BCUT2D eigenvalue weighted by molar-refractivity contribution is -0.119. The molecule has 1 saturated heterocycles. The van der Waals surface area contributed by atoms with Crippen molar-refractivity contribution in [2.24, 2.45) is 5.41 Å². The van der Waals surface area contributed by atoms with Gasteiger partial charge in [-0.05, 0) is 18.3 Å². The van der Waals surface area contributed by atoms with Gasteiger partial charge in [-0.1, -0.05) is 51.8 Å². The first kappa shape index (κ1) is 13.6. The van der Waals surface area contributed by atoms with Gasteiger partial charge in [0.15, 0.2) is 0 Å². The molecule has 3 nitrogen and oxygen atoms in total. The fourth-order valence-electron chi connectivity index (χ4n) is 1.75. The Labute approximate surface area is 102 Å². The van der Waals surface area contributed by atoms with E-state index in [2.05, 4.69) is 26.1 Å². The zero-order valence-corrected chi connectivity index (χ0v) is 11.2. The molecule has 2 amide bonds. The number of carbonyl (C=O) groups is 2. The highest BCUT2D eigenvalue weighted by Crippen LogP contribution is 2.26. The van der Waals surface area contributed by atoms with Crippen LogP contribution in [0.2, 0.25) is 0 Å². The van der Waals surface area contributed by atoms with Crippen LogP contribution in [0.5, 0.6) is 0 Å². The van der Waals surface area contributed by atoms with Gasteiger partial charge in [0.2, 0.25) is 5.91 Å². The third-order valence-electron chi connectivity index (χ3n) is 2.66. The summed E-state index contributed by atoms with van der Waals surface area (Å²) in [6.07, 6.45) is 5.43. The van der Waals surface area contributed by atoms with Gasteiger partial charge in [-0.2, -0.15) is 0 Å². The number of carbonyl (C=O) groups excluding carboxylic acids is 2. The first-order valence-corrected chi connectivity index (χ1v) is 6.78. The van der Waals surface area contributed by atoms with Gasteiger partial charge in [0.25, 0.3) is 5.24 Å². The molecule has 16 heavy (non-hydrogen) atoms. The number of rotatable bonds is 5. The predicted molar refractivity (Wildman–Crippen MR) is 67.5 cm³/mol. The van der Waals surface area contributed by atoms with Crippen LogP contribution in [0, 0.1) is 5.41 Å². The molecule has 0 aliphatic carbocycles. The van der Waals surface area contributed by atoms with Gasteiger partial charge in [0, 0.05) is 0 Å². The maximum Gasteiger partial charge on any atom is 0.286 e. The molecule has 0 aromatic rings. The van der Waals surface area contributed by atoms with E-state index in [1.165, 1.54) is 12.8 Å². The first-order chi connectivity index (χ1) is 7.38. The molecule has 0 aromatic heterocycles. The highest BCUT2D eigenvalue weighted by atomic mass is 32.2. The summed E-state index contributed by atoms with van der Waals surface area (Å²) in [7, 11) is 0. The second-order valence-electron chi connectivity index (χ2n) is 5.54. The van der Waals surface area contributed by atoms with Crippen LogP contribution < -0.4 is 5.32 Å². The van der Waals surface area contributed by atoms with Gasteiger partial charge in [0.05, 0.1) is 5.25 Å². The molecule has 1 N–H and O–H groups in total. The Bertz CT molecular complexity index is 271. The van der Waals surface area contributed by atoms with E-state index in [0.29, 0.717) is 5.41 Å². The van der Waals surface area contributed by atoms with Crippen LogP contribution >= 0.6 is 11.8 Å². The molecular weight excluding hydrogens is 222 g/mol. The van der Waals surface area contributed by atoms with Crippen LogP contribution in [-0.2, 0) is 4.79 Å². The van der Waals surface area contributed by atoms with Crippen molar-refractivity contribution in [1.29, 1.82) is 0 Å². The number of nitrogens with one attached hydrogen (secondary N) is 1. The number of unbranched alkanes of at least 4 members (excludes halogenated alkanes) is 2. The fraction of sp³-hybridized carbons (Fsp3) is 0.833. The van der Waals surface area contributed by atoms with Gasteiger partial charge in [-0.3, -0.25) is 14.9 Å². The van der Waals surface area contributed by atoms with Crippen molar-refractivity contribution < 1.29 is 9.59 Å². The first-order valence-electron chi connectivity index (χ1n) is 5.90.